The number of pyridine rings is 1. The van der Waals surface area contributed by atoms with Gasteiger partial charge in [0.2, 0.25) is 0 Å². The normalized spacial score (nSPS) is 18.5. The summed E-state index contributed by atoms with van der Waals surface area (Å²) in [6.45, 7) is 3.72. The zero-order chi connectivity index (χ0) is 15.8. The second-order valence-corrected chi connectivity index (χ2v) is 6.13. The topological polar surface area (TPSA) is 57.5 Å². The zero-order valence-corrected chi connectivity index (χ0v) is 13.1. The lowest BCUT2D eigenvalue weighted by molar-refractivity contribution is 0.206. The van der Waals surface area contributed by atoms with Gasteiger partial charge in [-0.05, 0) is 38.4 Å². The van der Waals surface area contributed by atoms with Gasteiger partial charge in [-0.2, -0.15) is 5.26 Å². The fourth-order valence-corrected chi connectivity index (χ4v) is 3.52. The van der Waals surface area contributed by atoms with Gasteiger partial charge in [0.15, 0.2) is 5.76 Å². The minimum absolute atomic E-state index is 0.255. The van der Waals surface area contributed by atoms with Crippen LogP contribution in [0.2, 0.25) is 0 Å². The molecule has 0 unspecified atom stereocenters. The molecule has 0 amide bonds. The monoisotopic (exact) mass is 306 g/mol. The maximum absolute atomic E-state index is 9.56. The summed E-state index contributed by atoms with van der Waals surface area (Å²) in [5.74, 6) is 0.933. The molecule has 0 bridgehead atoms. The molecule has 0 radical (unpaired) electrons. The summed E-state index contributed by atoms with van der Waals surface area (Å²) in [5, 5.41) is 13.6. The molecule has 5 nitrogen and oxygen atoms in total. The molecule has 0 saturated carbocycles. The van der Waals surface area contributed by atoms with Crippen LogP contribution in [0.3, 0.4) is 0 Å². The number of nitrogens with zero attached hydrogens (tertiary/aromatic N) is 4. The van der Waals surface area contributed by atoms with Crippen molar-refractivity contribution in [2.75, 3.05) is 6.54 Å². The van der Waals surface area contributed by atoms with Crippen molar-refractivity contribution in [1.29, 1.82) is 5.26 Å². The molecule has 5 heteroatoms. The number of nitriles is 1. The Balaban J connectivity index is 1.66. The van der Waals surface area contributed by atoms with Crippen LogP contribution in [0.5, 0.6) is 0 Å². The van der Waals surface area contributed by atoms with Gasteiger partial charge in [-0.1, -0.05) is 11.2 Å². The molecule has 23 heavy (non-hydrogen) atoms. The first-order chi connectivity index (χ1) is 11.3. The lowest BCUT2D eigenvalue weighted by Crippen LogP contribution is -2.22. The van der Waals surface area contributed by atoms with Gasteiger partial charge in [0.1, 0.15) is 6.07 Å². The van der Waals surface area contributed by atoms with E-state index < -0.39 is 0 Å². The molecule has 0 spiro atoms. The molecular formula is C18H18N4O. The Morgan fingerprint density at radius 1 is 1.43 bits per heavy atom. The molecule has 3 aromatic rings. The molecule has 3 aromatic heterocycles. The molecule has 0 aliphatic carbocycles. The van der Waals surface area contributed by atoms with Crippen LogP contribution in [-0.2, 0) is 6.54 Å². The van der Waals surface area contributed by atoms with E-state index in [0.29, 0.717) is 0 Å². The molecule has 1 fully saturated rings. The van der Waals surface area contributed by atoms with E-state index in [-0.39, 0.29) is 6.04 Å². The molecule has 1 saturated heterocycles. The van der Waals surface area contributed by atoms with Crippen LogP contribution in [0.15, 0.2) is 41.2 Å². The van der Waals surface area contributed by atoms with Crippen LogP contribution in [0.1, 0.15) is 41.5 Å². The average Bonchev–Trinajstić information content (AvgIpc) is 3.25. The molecule has 1 atom stereocenters. The van der Waals surface area contributed by atoms with E-state index in [1.807, 2.05) is 41.8 Å². The second kappa shape index (κ2) is 5.56. The van der Waals surface area contributed by atoms with Crippen molar-refractivity contribution in [3.05, 3.63) is 59.2 Å². The van der Waals surface area contributed by atoms with Crippen molar-refractivity contribution in [3.63, 3.8) is 0 Å². The summed E-state index contributed by atoms with van der Waals surface area (Å²) in [6, 6.07) is 10.6. The highest BCUT2D eigenvalue weighted by atomic mass is 16.5. The third kappa shape index (κ3) is 2.41. The number of fused-ring (bicyclic) bond motifs is 1. The minimum atomic E-state index is 0.255. The quantitative estimate of drug-likeness (QED) is 0.743. The van der Waals surface area contributed by atoms with Crippen LogP contribution in [0, 0.1) is 18.3 Å². The van der Waals surface area contributed by atoms with Crippen molar-refractivity contribution in [2.24, 2.45) is 0 Å². The maximum atomic E-state index is 9.56. The van der Waals surface area contributed by atoms with E-state index in [2.05, 4.69) is 22.3 Å². The van der Waals surface area contributed by atoms with E-state index >= 15 is 0 Å². The summed E-state index contributed by atoms with van der Waals surface area (Å²) >= 11 is 0. The third-order valence-corrected chi connectivity index (χ3v) is 4.59. The Hall–Kier alpha value is -2.58. The van der Waals surface area contributed by atoms with E-state index in [1.165, 1.54) is 0 Å². The first kappa shape index (κ1) is 14.0. The van der Waals surface area contributed by atoms with Gasteiger partial charge in [0, 0.05) is 30.6 Å². The first-order valence-corrected chi connectivity index (χ1v) is 7.92. The zero-order valence-electron chi connectivity index (χ0n) is 13.1. The number of aromatic nitrogens is 2. The van der Waals surface area contributed by atoms with Crippen molar-refractivity contribution in [2.45, 2.75) is 32.4 Å². The van der Waals surface area contributed by atoms with Gasteiger partial charge in [0.25, 0.3) is 0 Å². The van der Waals surface area contributed by atoms with Crippen LogP contribution in [0.25, 0.3) is 5.52 Å². The SMILES string of the molecule is Cc1cc([C@@H]2CCCN2Cc2cn3ccccc3c2C#N)on1. The lowest BCUT2D eigenvalue weighted by atomic mass is 10.1. The van der Waals surface area contributed by atoms with E-state index in [1.54, 1.807) is 0 Å². The highest BCUT2D eigenvalue weighted by Gasteiger charge is 2.30. The van der Waals surface area contributed by atoms with E-state index in [4.69, 9.17) is 4.52 Å². The average molecular weight is 306 g/mol. The molecule has 1 aliphatic heterocycles. The molecule has 116 valence electrons. The van der Waals surface area contributed by atoms with Crippen molar-refractivity contribution in [3.8, 4) is 6.07 Å². The molecule has 0 aromatic carbocycles. The van der Waals surface area contributed by atoms with Crippen molar-refractivity contribution >= 4 is 5.52 Å². The van der Waals surface area contributed by atoms with Crippen molar-refractivity contribution in [1.82, 2.24) is 14.5 Å². The molecule has 4 rings (SSSR count). The Morgan fingerprint density at radius 3 is 3.13 bits per heavy atom. The van der Waals surface area contributed by atoms with Crippen molar-refractivity contribution < 1.29 is 4.52 Å². The minimum Gasteiger partial charge on any atom is -0.359 e. The number of rotatable bonds is 3. The van der Waals surface area contributed by atoms with E-state index in [0.717, 1.165) is 54.0 Å². The largest absolute Gasteiger partial charge is 0.359 e. The fraction of sp³-hybridized carbons (Fsp3) is 0.333. The van der Waals surface area contributed by atoms with Gasteiger partial charge >= 0.3 is 0 Å². The summed E-state index contributed by atoms with van der Waals surface area (Å²) in [7, 11) is 0. The van der Waals surface area contributed by atoms with Crippen LogP contribution >= 0.6 is 0 Å². The highest BCUT2D eigenvalue weighted by molar-refractivity contribution is 5.65. The molecule has 0 N–H and O–H groups in total. The number of aryl methyl sites for hydroxylation is 1. The Bertz CT molecular complexity index is 886. The van der Waals surface area contributed by atoms with Gasteiger partial charge < -0.3 is 8.92 Å². The van der Waals surface area contributed by atoms with Gasteiger partial charge in [-0.3, -0.25) is 4.90 Å². The predicted molar refractivity (Wildman–Crippen MR) is 85.7 cm³/mol. The fourth-order valence-electron chi connectivity index (χ4n) is 3.52. The van der Waals surface area contributed by atoms with Crippen LogP contribution in [-0.4, -0.2) is 21.0 Å². The van der Waals surface area contributed by atoms with E-state index in [9.17, 15) is 5.26 Å². The Morgan fingerprint density at radius 2 is 2.35 bits per heavy atom. The summed E-state index contributed by atoms with van der Waals surface area (Å²) in [6.07, 6.45) is 6.26. The summed E-state index contributed by atoms with van der Waals surface area (Å²) in [5.41, 5.74) is 3.72. The smallest absolute Gasteiger partial charge is 0.154 e. The standard InChI is InChI=1S/C18H18N4O/c1-13-9-18(23-20-13)17-6-4-8-22(17)12-14-11-21-7-3-2-5-16(21)15(14)10-19/h2-3,5,7,9,11,17H,4,6,8,12H2,1H3/t17-/m0/s1. The number of hydrogen-bond acceptors (Lipinski definition) is 4. The highest BCUT2D eigenvalue weighted by Crippen LogP contribution is 2.34. The third-order valence-electron chi connectivity index (χ3n) is 4.59. The Labute approximate surface area is 134 Å². The van der Waals surface area contributed by atoms with Gasteiger partial charge in [-0.15, -0.1) is 0 Å². The predicted octanol–water partition coefficient (Wildman–Crippen LogP) is 3.44. The molecule has 4 heterocycles. The molecular weight excluding hydrogens is 288 g/mol. The lowest BCUT2D eigenvalue weighted by Gasteiger charge is -2.21. The molecule has 1 aliphatic rings. The Kier molecular flexibility index (Phi) is 3.40. The van der Waals surface area contributed by atoms with Gasteiger partial charge in [0.05, 0.1) is 22.8 Å². The van der Waals surface area contributed by atoms with Crippen LogP contribution < -0.4 is 0 Å². The second-order valence-electron chi connectivity index (χ2n) is 6.13. The summed E-state index contributed by atoms with van der Waals surface area (Å²) < 4.78 is 7.50. The summed E-state index contributed by atoms with van der Waals surface area (Å²) in [4.78, 5) is 2.38. The maximum Gasteiger partial charge on any atom is 0.154 e. The number of likely N-dealkylation sites (tertiary alicyclic amines) is 1. The van der Waals surface area contributed by atoms with Gasteiger partial charge in [-0.25, -0.2) is 0 Å². The first-order valence-electron chi connectivity index (χ1n) is 7.92. The van der Waals surface area contributed by atoms with Crippen LogP contribution in [0.4, 0.5) is 0 Å². The number of hydrogen-bond donors (Lipinski definition) is 0.